The minimum atomic E-state index is -0.824. The van der Waals surface area contributed by atoms with Gasteiger partial charge in [-0.05, 0) is 66.6 Å². The first-order valence-electron chi connectivity index (χ1n) is 15.0. The molecule has 0 spiro atoms. The zero-order valence-electron chi connectivity index (χ0n) is 25.4. The van der Waals surface area contributed by atoms with Crippen molar-refractivity contribution in [3.05, 3.63) is 77.5 Å². The zero-order chi connectivity index (χ0) is 31.2. The average Bonchev–Trinajstić information content (AvgIpc) is 3.36. The van der Waals surface area contributed by atoms with E-state index in [-0.39, 0.29) is 18.1 Å². The Hall–Kier alpha value is -4.70. The number of aryl methyl sites for hydroxylation is 1. The Kier molecular flexibility index (Phi) is 9.59. The van der Waals surface area contributed by atoms with E-state index < -0.39 is 17.9 Å². The fraction of sp³-hybridized carbons (Fsp3) is 0.353. The topological polar surface area (TPSA) is 124 Å². The van der Waals surface area contributed by atoms with Crippen LogP contribution in [0.4, 0.5) is 0 Å². The summed E-state index contributed by atoms with van der Waals surface area (Å²) in [5.41, 5.74) is 8.15. The number of carbonyl (C=O) groups excluding carboxylic acids is 4. The minimum Gasteiger partial charge on any atom is -0.497 e. The number of amides is 3. The Morgan fingerprint density at radius 1 is 0.977 bits per heavy atom. The van der Waals surface area contributed by atoms with Crippen molar-refractivity contribution in [2.75, 3.05) is 33.3 Å². The summed E-state index contributed by atoms with van der Waals surface area (Å²) in [6, 6.07) is 17.9. The summed E-state index contributed by atoms with van der Waals surface area (Å²) in [4.78, 5) is 59.2. The number of rotatable bonds is 10. The van der Waals surface area contributed by atoms with Crippen molar-refractivity contribution in [2.24, 2.45) is 0 Å². The molecule has 1 aromatic heterocycles. The van der Waals surface area contributed by atoms with Gasteiger partial charge in [-0.25, -0.2) is 0 Å². The number of benzene rings is 3. The van der Waals surface area contributed by atoms with Gasteiger partial charge in [-0.3, -0.25) is 34.9 Å². The number of piperazine rings is 1. The quantitative estimate of drug-likeness (QED) is 0.238. The number of hydrogen-bond donors (Lipinski definition) is 3. The molecule has 1 atom stereocenters. The third kappa shape index (κ3) is 6.92. The molecule has 1 aliphatic heterocycles. The highest BCUT2D eigenvalue weighted by Gasteiger charge is 2.36. The van der Waals surface area contributed by atoms with Crippen LogP contribution in [0.1, 0.15) is 47.8 Å². The summed E-state index contributed by atoms with van der Waals surface area (Å²) in [7, 11) is 1.60. The molecule has 0 radical (unpaired) electrons. The highest BCUT2D eigenvalue weighted by Crippen LogP contribution is 2.28. The number of carbonyl (C=O) groups is 4. The van der Waals surface area contributed by atoms with E-state index >= 15 is 0 Å². The third-order valence-electron chi connectivity index (χ3n) is 8.38. The normalized spacial score (nSPS) is 15.3. The van der Waals surface area contributed by atoms with E-state index in [2.05, 4.69) is 20.7 Å². The maximum atomic E-state index is 13.8. The number of H-pyrrole nitrogens is 1. The number of fused-ring (bicyclic) bond motifs is 2. The summed E-state index contributed by atoms with van der Waals surface area (Å²) in [6.07, 6.45) is 1.78. The zero-order valence-corrected chi connectivity index (χ0v) is 25.4. The number of ether oxygens (including phenoxy) is 1. The number of methoxy groups -OCH3 is 1. The maximum absolute atomic E-state index is 13.8. The summed E-state index contributed by atoms with van der Waals surface area (Å²) in [6.45, 7) is 5.65. The minimum absolute atomic E-state index is 0.108. The Labute approximate surface area is 256 Å². The number of hydrazine groups is 1. The van der Waals surface area contributed by atoms with Crippen LogP contribution in [0.3, 0.4) is 0 Å². The van der Waals surface area contributed by atoms with Gasteiger partial charge in [0.05, 0.1) is 13.5 Å². The lowest BCUT2D eigenvalue weighted by Gasteiger charge is -2.40. The van der Waals surface area contributed by atoms with E-state index in [1.165, 1.54) is 0 Å². The van der Waals surface area contributed by atoms with Crippen LogP contribution in [-0.2, 0) is 20.8 Å². The molecule has 1 aliphatic rings. The molecule has 0 aliphatic carbocycles. The number of aromatic nitrogens is 1. The highest BCUT2D eigenvalue weighted by molar-refractivity contribution is 6.00. The largest absolute Gasteiger partial charge is 0.497 e. The van der Waals surface area contributed by atoms with Crippen LogP contribution in [0.25, 0.3) is 21.7 Å². The van der Waals surface area contributed by atoms with Gasteiger partial charge in [0.2, 0.25) is 5.91 Å². The number of hydrogen-bond acceptors (Lipinski definition) is 6. The van der Waals surface area contributed by atoms with Crippen LogP contribution >= 0.6 is 0 Å². The highest BCUT2D eigenvalue weighted by atomic mass is 16.5. The maximum Gasteiger partial charge on any atom is 0.269 e. The summed E-state index contributed by atoms with van der Waals surface area (Å²) >= 11 is 0. The molecule has 10 nitrogen and oxygen atoms in total. The lowest BCUT2D eigenvalue weighted by Crippen LogP contribution is -2.62. The first-order chi connectivity index (χ1) is 21.3. The number of nitrogens with one attached hydrogen (secondary N) is 3. The predicted molar refractivity (Wildman–Crippen MR) is 169 cm³/mol. The summed E-state index contributed by atoms with van der Waals surface area (Å²) < 4.78 is 5.40. The fourth-order valence-electron chi connectivity index (χ4n) is 5.82. The van der Waals surface area contributed by atoms with Gasteiger partial charge in [0.15, 0.2) is 0 Å². The number of aromatic amines is 1. The predicted octanol–water partition coefficient (Wildman–Crippen LogP) is 3.91. The first kappa shape index (κ1) is 30.7. The summed E-state index contributed by atoms with van der Waals surface area (Å²) in [5, 5.41) is 2.82. The second-order valence-corrected chi connectivity index (χ2v) is 11.2. The Morgan fingerprint density at radius 3 is 2.55 bits per heavy atom. The van der Waals surface area contributed by atoms with Gasteiger partial charge in [0.1, 0.15) is 17.6 Å². The standard InChI is InChI=1S/C34H39N5O5/c1-4-26(40)10-7-15-38-16-17-39(32(41)20-28-22(2)35-30-14-13-27(44-3)19-29(28)30)31(21-38)34(43)37-36-33(42)25-12-11-23-8-5-6-9-24(23)18-25/h5-6,8-9,11-14,18-19,31,35H,4,7,10,15-17,20-21H2,1-3H3,(H,36,42)(H,37,43). The molecule has 3 N–H and O–H groups in total. The smallest absolute Gasteiger partial charge is 0.269 e. The molecule has 3 amide bonds. The number of ketones is 1. The van der Waals surface area contributed by atoms with Gasteiger partial charge in [-0.15, -0.1) is 0 Å². The number of nitrogens with zero attached hydrogens (tertiary/aromatic N) is 2. The van der Waals surface area contributed by atoms with Crippen LogP contribution in [0, 0.1) is 6.92 Å². The Bertz CT molecular complexity index is 1700. The molecule has 1 saturated heterocycles. The molecule has 5 rings (SSSR count). The van der Waals surface area contributed by atoms with Crippen LogP contribution < -0.4 is 15.6 Å². The van der Waals surface area contributed by atoms with Gasteiger partial charge in [-0.1, -0.05) is 37.3 Å². The monoisotopic (exact) mass is 597 g/mol. The lowest BCUT2D eigenvalue weighted by atomic mass is 10.0. The first-order valence-corrected chi connectivity index (χ1v) is 15.0. The van der Waals surface area contributed by atoms with Gasteiger partial charge in [0.25, 0.3) is 11.8 Å². The second kappa shape index (κ2) is 13.7. The van der Waals surface area contributed by atoms with Crippen LogP contribution in [-0.4, -0.2) is 77.6 Å². The van der Waals surface area contributed by atoms with E-state index in [4.69, 9.17) is 4.74 Å². The lowest BCUT2D eigenvalue weighted by molar-refractivity contribution is -0.143. The van der Waals surface area contributed by atoms with E-state index in [1.54, 1.807) is 24.1 Å². The molecule has 0 saturated carbocycles. The molecular weight excluding hydrogens is 558 g/mol. The van der Waals surface area contributed by atoms with Crippen molar-refractivity contribution in [3.8, 4) is 5.75 Å². The van der Waals surface area contributed by atoms with Gasteiger partial charge in [-0.2, -0.15) is 0 Å². The van der Waals surface area contributed by atoms with Crippen molar-refractivity contribution in [2.45, 2.75) is 45.6 Å². The Balaban J connectivity index is 1.31. The SMILES string of the molecule is CCC(=O)CCCN1CCN(C(=O)Cc2c(C)[nH]c3ccc(OC)cc23)C(C(=O)NNC(=O)c2ccc3ccccc3c2)C1. The molecule has 0 bridgehead atoms. The molecule has 2 heterocycles. The summed E-state index contributed by atoms with van der Waals surface area (Å²) in [5.74, 6) is -0.205. The molecule has 1 fully saturated rings. The fourth-order valence-corrected chi connectivity index (χ4v) is 5.82. The Morgan fingerprint density at radius 2 is 1.77 bits per heavy atom. The van der Waals surface area contributed by atoms with Crippen molar-refractivity contribution >= 4 is 45.2 Å². The van der Waals surface area contributed by atoms with Gasteiger partial charge < -0.3 is 14.6 Å². The molecule has 44 heavy (non-hydrogen) atoms. The number of Topliss-reactive ketones (excluding diaryl/α,β-unsaturated/α-hetero) is 1. The van der Waals surface area contributed by atoms with Crippen LogP contribution in [0.5, 0.6) is 5.75 Å². The molecule has 230 valence electrons. The van der Waals surface area contributed by atoms with Crippen molar-refractivity contribution < 1.29 is 23.9 Å². The third-order valence-corrected chi connectivity index (χ3v) is 8.38. The van der Waals surface area contributed by atoms with Crippen molar-refractivity contribution in [1.29, 1.82) is 0 Å². The molecule has 1 unspecified atom stereocenters. The van der Waals surface area contributed by atoms with Gasteiger partial charge >= 0.3 is 0 Å². The van der Waals surface area contributed by atoms with E-state index in [0.717, 1.165) is 32.9 Å². The van der Waals surface area contributed by atoms with Crippen molar-refractivity contribution in [1.82, 2.24) is 25.6 Å². The molecule has 4 aromatic rings. The van der Waals surface area contributed by atoms with Crippen LogP contribution in [0.2, 0.25) is 0 Å². The average molecular weight is 598 g/mol. The van der Waals surface area contributed by atoms with E-state index in [0.29, 0.717) is 56.8 Å². The van der Waals surface area contributed by atoms with Crippen molar-refractivity contribution in [3.63, 3.8) is 0 Å². The molecule has 3 aromatic carbocycles. The van der Waals surface area contributed by atoms with Crippen LogP contribution in [0.15, 0.2) is 60.7 Å². The van der Waals surface area contributed by atoms with Gasteiger partial charge in [0, 0.05) is 54.6 Å². The molecule has 10 heteroatoms. The second-order valence-electron chi connectivity index (χ2n) is 11.2. The molecular formula is C34H39N5O5. The van der Waals surface area contributed by atoms with E-state index in [9.17, 15) is 19.2 Å². The van der Waals surface area contributed by atoms with E-state index in [1.807, 2.05) is 62.4 Å².